The van der Waals surface area contributed by atoms with Crippen LogP contribution in [0.15, 0.2) is 60.7 Å². The molecular weight excluding hydrogens is 282 g/mol. The van der Waals surface area contributed by atoms with Crippen LogP contribution in [0.4, 0.5) is 0 Å². The third-order valence-corrected chi connectivity index (χ3v) is 5.95. The molecule has 1 saturated heterocycles. The molecule has 1 N–H and O–H groups in total. The molecule has 1 heterocycles. The van der Waals surface area contributed by atoms with Gasteiger partial charge in [0.1, 0.15) is 0 Å². The SMILES string of the molecule is C[C@H]1[C@@H](c2ccccc2)N(C)[C@H](c2ccccc2)[C@H](C)C1(C)O. The first-order chi connectivity index (χ1) is 10.9. The van der Waals surface area contributed by atoms with E-state index in [0.29, 0.717) is 0 Å². The zero-order valence-corrected chi connectivity index (χ0v) is 14.5. The van der Waals surface area contributed by atoms with Crippen LogP contribution in [0.25, 0.3) is 0 Å². The first-order valence-electron chi connectivity index (χ1n) is 8.48. The molecule has 4 atom stereocenters. The Bertz CT molecular complexity index is 582. The topological polar surface area (TPSA) is 23.5 Å². The van der Waals surface area contributed by atoms with Crippen molar-refractivity contribution in [2.24, 2.45) is 11.8 Å². The Kier molecular flexibility index (Phi) is 4.31. The lowest BCUT2D eigenvalue weighted by molar-refractivity contribution is -0.143. The molecule has 0 unspecified atom stereocenters. The van der Waals surface area contributed by atoms with E-state index in [2.05, 4.69) is 74.3 Å². The Morgan fingerprint density at radius 1 is 0.783 bits per heavy atom. The van der Waals surface area contributed by atoms with E-state index in [1.54, 1.807) is 0 Å². The average Bonchev–Trinajstić information content (AvgIpc) is 2.56. The lowest BCUT2D eigenvalue weighted by Gasteiger charge is -2.55. The van der Waals surface area contributed by atoms with Crippen molar-refractivity contribution >= 4 is 0 Å². The Morgan fingerprint density at radius 3 is 1.48 bits per heavy atom. The number of aliphatic hydroxyl groups is 1. The fraction of sp³-hybridized carbons (Fsp3) is 0.429. The van der Waals surface area contributed by atoms with Crippen molar-refractivity contribution in [3.63, 3.8) is 0 Å². The van der Waals surface area contributed by atoms with Crippen LogP contribution in [0.2, 0.25) is 0 Å². The summed E-state index contributed by atoms with van der Waals surface area (Å²) in [6.07, 6.45) is 0. The second-order valence-electron chi connectivity index (χ2n) is 7.18. The van der Waals surface area contributed by atoms with Gasteiger partial charge in [0.05, 0.1) is 5.60 Å². The van der Waals surface area contributed by atoms with Crippen molar-refractivity contribution in [2.75, 3.05) is 7.05 Å². The molecule has 1 aliphatic heterocycles. The van der Waals surface area contributed by atoms with E-state index in [4.69, 9.17) is 0 Å². The van der Waals surface area contributed by atoms with E-state index < -0.39 is 5.60 Å². The zero-order valence-electron chi connectivity index (χ0n) is 14.5. The Hall–Kier alpha value is -1.64. The summed E-state index contributed by atoms with van der Waals surface area (Å²) in [6, 6.07) is 21.5. The fourth-order valence-electron chi connectivity index (χ4n) is 4.28. The monoisotopic (exact) mass is 309 g/mol. The highest BCUT2D eigenvalue weighted by Gasteiger charge is 2.51. The van der Waals surface area contributed by atoms with Gasteiger partial charge in [-0.3, -0.25) is 4.90 Å². The van der Waals surface area contributed by atoms with E-state index in [1.807, 2.05) is 19.1 Å². The number of hydrogen-bond acceptors (Lipinski definition) is 2. The quantitative estimate of drug-likeness (QED) is 0.886. The van der Waals surface area contributed by atoms with E-state index in [9.17, 15) is 5.11 Å². The maximum Gasteiger partial charge on any atom is 0.0707 e. The van der Waals surface area contributed by atoms with E-state index in [1.165, 1.54) is 11.1 Å². The summed E-state index contributed by atoms with van der Waals surface area (Å²) in [6.45, 7) is 6.35. The van der Waals surface area contributed by atoms with Crippen molar-refractivity contribution in [3.8, 4) is 0 Å². The summed E-state index contributed by atoms with van der Waals surface area (Å²) in [5, 5.41) is 11.3. The average molecular weight is 309 g/mol. The van der Waals surface area contributed by atoms with Gasteiger partial charge >= 0.3 is 0 Å². The van der Waals surface area contributed by atoms with Crippen molar-refractivity contribution in [1.29, 1.82) is 0 Å². The fourth-order valence-corrected chi connectivity index (χ4v) is 4.28. The lowest BCUT2D eigenvalue weighted by atomic mass is 9.66. The number of nitrogens with zero attached hydrogens (tertiary/aromatic N) is 1. The predicted octanol–water partition coefficient (Wildman–Crippen LogP) is 4.44. The molecule has 122 valence electrons. The van der Waals surface area contributed by atoms with Gasteiger partial charge in [0.15, 0.2) is 0 Å². The van der Waals surface area contributed by atoms with Crippen molar-refractivity contribution in [3.05, 3.63) is 71.8 Å². The van der Waals surface area contributed by atoms with Gasteiger partial charge in [-0.15, -0.1) is 0 Å². The molecule has 0 saturated carbocycles. The highest BCUT2D eigenvalue weighted by molar-refractivity contribution is 5.27. The molecule has 0 radical (unpaired) electrons. The highest BCUT2D eigenvalue weighted by atomic mass is 16.3. The first kappa shape index (κ1) is 16.2. The molecule has 1 aliphatic rings. The van der Waals surface area contributed by atoms with Gasteiger partial charge in [-0.05, 0) is 25.1 Å². The lowest BCUT2D eigenvalue weighted by Crippen LogP contribution is -2.56. The molecule has 2 heteroatoms. The van der Waals surface area contributed by atoms with Crippen LogP contribution < -0.4 is 0 Å². The van der Waals surface area contributed by atoms with Crippen LogP contribution >= 0.6 is 0 Å². The molecule has 0 aliphatic carbocycles. The Morgan fingerprint density at radius 2 is 1.13 bits per heavy atom. The second-order valence-corrected chi connectivity index (χ2v) is 7.18. The van der Waals surface area contributed by atoms with Gasteiger partial charge in [0.2, 0.25) is 0 Å². The van der Waals surface area contributed by atoms with Gasteiger partial charge in [0.25, 0.3) is 0 Å². The minimum Gasteiger partial charge on any atom is -0.389 e. The van der Waals surface area contributed by atoms with Gasteiger partial charge in [0, 0.05) is 23.9 Å². The van der Waals surface area contributed by atoms with Gasteiger partial charge in [-0.1, -0.05) is 74.5 Å². The van der Waals surface area contributed by atoms with E-state index in [-0.39, 0.29) is 23.9 Å². The van der Waals surface area contributed by atoms with Crippen LogP contribution in [0, 0.1) is 11.8 Å². The first-order valence-corrected chi connectivity index (χ1v) is 8.48. The summed E-state index contributed by atoms with van der Waals surface area (Å²) in [4.78, 5) is 2.44. The predicted molar refractivity (Wildman–Crippen MR) is 95.1 cm³/mol. The van der Waals surface area contributed by atoms with Gasteiger partial charge in [-0.2, -0.15) is 0 Å². The molecule has 3 rings (SSSR count). The largest absolute Gasteiger partial charge is 0.389 e. The summed E-state index contributed by atoms with van der Waals surface area (Å²) in [7, 11) is 2.19. The number of rotatable bonds is 2. The Labute approximate surface area is 139 Å². The minimum atomic E-state index is -0.715. The third kappa shape index (κ3) is 2.71. The maximum absolute atomic E-state index is 11.3. The van der Waals surface area contributed by atoms with E-state index >= 15 is 0 Å². The number of benzene rings is 2. The van der Waals surface area contributed by atoms with Gasteiger partial charge in [-0.25, -0.2) is 0 Å². The van der Waals surface area contributed by atoms with Crippen LogP contribution in [-0.2, 0) is 0 Å². The molecule has 0 aromatic heterocycles. The minimum absolute atomic E-state index is 0.157. The van der Waals surface area contributed by atoms with Crippen LogP contribution in [0.1, 0.15) is 44.0 Å². The molecule has 2 aromatic carbocycles. The summed E-state index contributed by atoms with van der Waals surface area (Å²) in [5.41, 5.74) is 1.83. The number of likely N-dealkylation sites (tertiary alicyclic amines) is 1. The molecule has 0 spiro atoms. The Balaban J connectivity index is 2.07. The molecule has 0 amide bonds. The number of hydrogen-bond donors (Lipinski definition) is 1. The highest BCUT2D eigenvalue weighted by Crippen LogP contribution is 2.51. The zero-order chi connectivity index (χ0) is 16.6. The summed E-state index contributed by atoms with van der Waals surface area (Å²) >= 11 is 0. The molecule has 1 fully saturated rings. The summed E-state index contributed by atoms with van der Waals surface area (Å²) < 4.78 is 0. The maximum atomic E-state index is 11.3. The third-order valence-electron chi connectivity index (χ3n) is 5.95. The molecule has 23 heavy (non-hydrogen) atoms. The molecule has 2 aromatic rings. The van der Waals surface area contributed by atoms with Gasteiger partial charge < -0.3 is 5.11 Å². The molecule has 0 bridgehead atoms. The smallest absolute Gasteiger partial charge is 0.0707 e. The van der Waals surface area contributed by atoms with Crippen LogP contribution in [0.3, 0.4) is 0 Å². The van der Waals surface area contributed by atoms with Crippen molar-refractivity contribution in [2.45, 2.75) is 38.5 Å². The van der Waals surface area contributed by atoms with Crippen molar-refractivity contribution < 1.29 is 5.11 Å². The second kappa shape index (κ2) is 6.10. The van der Waals surface area contributed by atoms with Crippen molar-refractivity contribution in [1.82, 2.24) is 4.90 Å². The van der Waals surface area contributed by atoms with Crippen LogP contribution in [-0.4, -0.2) is 22.7 Å². The standard InChI is InChI=1S/C21H27NO/c1-15-19(17-11-7-5-8-12-17)22(4)20(16(2)21(15,3)23)18-13-9-6-10-14-18/h5-16,19-20,23H,1-4H3/t15-,16-,19-,20-/m0/s1. The van der Waals surface area contributed by atoms with E-state index in [0.717, 1.165) is 0 Å². The number of piperidine rings is 1. The normalized spacial score (nSPS) is 35.2. The van der Waals surface area contributed by atoms with Crippen LogP contribution in [0.5, 0.6) is 0 Å². The molecular formula is C21H27NO. The molecule has 2 nitrogen and oxygen atoms in total. The summed E-state index contributed by atoms with van der Waals surface area (Å²) in [5.74, 6) is 0.315.